The topological polar surface area (TPSA) is 53.8 Å². The average Bonchev–Trinajstić information content (AvgIpc) is 3.24. The smallest absolute Gasteiger partial charge is 0.278 e. The highest BCUT2D eigenvalue weighted by Gasteiger charge is 2.42. The van der Waals surface area contributed by atoms with E-state index in [9.17, 15) is 9.59 Å². The number of rotatable bonds is 4. The van der Waals surface area contributed by atoms with Gasteiger partial charge in [-0.15, -0.1) is 0 Å². The van der Waals surface area contributed by atoms with E-state index in [4.69, 9.17) is 4.42 Å². The number of furan rings is 1. The van der Waals surface area contributed by atoms with E-state index in [0.717, 1.165) is 42.6 Å². The number of carbonyl (C=O) groups is 2. The molecule has 3 heterocycles. The zero-order valence-electron chi connectivity index (χ0n) is 16.7. The van der Waals surface area contributed by atoms with Gasteiger partial charge in [-0.05, 0) is 55.9 Å². The SMILES string of the molecule is Cc1ccc(C2=C(N3CCCC(C)C3)C(=O)N(Cc3ccco3)C2=O)c(C)c1. The molecule has 1 saturated heterocycles. The number of hydrogen-bond donors (Lipinski definition) is 0. The number of amides is 2. The lowest BCUT2D eigenvalue weighted by Gasteiger charge is -2.33. The van der Waals surface area contributed by atoms with Gasteiger partial charge in [0.2, 0.25) is 0 Å². The molecule has 1 aromatic carbocycles. The van der Waals surface area contributed by atoms with Gasteiger partial charge in [0.15, 0.2) is 0 Å². The summed E-state index contributed by atoms with van der Waals surface area (Å²) in [6.07, 6.45) is 3.75. The van der Waals surface area contributed by atoms with Crippen molar-refractivity contribution in [3.8, 4) is 0 Å². The zero-order valence-corrected chi connectivity index (χ0v) is 16.7. The van der Waals surface area contributed by atoms with Crippen molar-refractivity contribution < 1.29 is 14.0 Å². The summed E-state index contributed by atoms with van der Waals surface area (Å²) < 4.78 is 5.39. The summed E-state index contributed by atoms with van der Waals surface area (Å²) in [5.41, 5.74) is 4.08. The zero-order chi connectivity index (χ0) is 19.8. The van der Waals surface area contributed by atoms with Crippen LogP contribution in [0.3, 0.4) is 0 Å². The minimum atomic E-state index is -0.235. The molecule has 0 saturated carbocycles. The molecule has 1 aromatic heterocycles. The number of piperidine rings is 1. The van der Waals surface area contributed by atoms with Gasteiger partial charge in [0, 0.05) is 13.1 Å². The Balaban J connectivity index is 1.79. The van der Waals surface area contributed by atoms with Crippen LogP contribution in [0.1, 0.15) is 42.2 Å². The Morgan fingerprint density at radius 2 is 1.96 bits per heavy atom. The highest BCUT2D eigenvalue weighted by molar-refractivity contribution is 6.35. The Hall–Kier alpha value is -2.82. The van der Waals surface area contributed by atoms with E-state index in [-0.39, 0.29) is 18.4 Å². The van der Waals surface area contributed by atoms with Crippen molar-refractivity contribution in [3.05, 3.63) is 64.7 Å². The molecule has 0 aliphatic carbocycles. The molecule has 1 atom stereocenters. The quantitative estimate of drug-likeness (QED) is 0.757. The molecule has 5 heteroatoms. The third-order valence-corrected chi connectivity index (χ3v) is 5.66. The Bertz CT molecular complexity index is 943. The maximum Gasteiger partial charge on any atom is 0.278 e. The number of imide groups is 1. The van der Waals surface area contributed by atoms with Gasteiger partial charge < -0.3 is 9.32 Å². The summed E-state index contributed by atoms with van der Waals surface area (Å²) in [5, 5.41) is 0. The predicted molar refractivity (Wildman–Crippen MR) is 107 cm³/mol. The first-order valence-electron chi connectivity index (χ1n) is 9.91. The molecule has 0 bridgehead atoms. The second-order valence-electron chi connectivity index (χ2n) is 8.01. The first-order valence-corrected chi connectivity index (χ1v) is 9.91. The van der Waals surface area contributed by atoms with Crippen LogP contribution in [-0.4, -0.2) is 34.7 Å². The van der Waals surface area contributed by atoms with Crippen LogP contribution in [0.4, 0.5) is 0 Å². The van der Waals surface area contributed by atoms with Crippen LogP contribution >= 0.6 is 0 Å². The number of benzene rings is 1. The van der Waals surface area contributed by atoms with Crippen molar-refractivity contribution >= 4 is 17.4 Å². The fourth-order valence-corrected chi connectivity index (χ4v) is 4.29. The van der Waals surface area contributed by atoms with Crippen LogP contribution in [0.2, 0.25) is 0 Å². The van der Waals surface area contributed by atoms with E-state index >= 15 is 0 Å². The second kappa shape index (κ2) is 7.30. The maximum atomic E-state index is 13.4. The van der Waals surface area contributed by atoms with Gasteiger partial charge in [-0.1, -0.05) is 30.7 Å². The van der Waals surface area contributed by atoms with Crippen LogP contribution in [0.15, 0.2) is 46.7 Å². The van der Waals surface area contributed by atoms with Gasteiger partial charge in [0.1, 0.15) is 11.5 Å². The van der Waals surface area contributed by atoms with E-state index in [1.54, 1.807) is 18.4 Å². The molecule has 2 amide bonds. The largest absolute Gasteiger partial charge is 0.467 e. The molecule has 4 rings (SSSR count). The summed E-state index contributed by atoms with van der Waals surface area (Å²) in [6.45, 7) is 8.00. The Kier molecular flexibility index (Phi) is 4.84. The van der Waals surface area contributed by atoms with Crippen LogP contribution in [0, 0.1) is 19.8 Å². The molecule has 2 aliphatic heterocycles. The number of hydrogen-bond acceptors (Lipinski definition) is 4. The number of nitrogens with zero attached hydrogens (tertiary/aromatic N) is 2. The van der Waals surface area contributed by atoms with E-state index < -0.39 is 0 Å². The van der Waals surface area contributed by atoms with Gasteiger partial charge in [-0.2, -0.15) is 0 Å². The maximum absolute atomic E-state index is 13.4. The molecular weight excluding hydrogens is 352 g/mol. The molecule has 0 spiro atoms. The summed E-state index contributed by atoms with van der Waals surface area (Å²) >= 11 is 0. The number of likely N-dealkylation sites (tertiary alicyclic amines) is 1. The van der Waals surface area contributed by atoms with Crippen molar-refractivity contribution in [3.63, 3.8) is 0 Å². The Morgan fingerprint density at radius 3 is 2.64 bits per heavy atom. The van der Waals surface area contributed by atoms with Crippen molar-refractivity contribution in [2.75, 3.05) is 13.1 Å². The molecule has 0 radical (unpaired) electrons. The third-order valence-electron chi connectivity index (χ3n) is 5.66. The van der Waals surface area contributed by atoms with Crippen LogP contribution in [0.5, 0.6) is 0 Å². The summed E-state index contributed by atoms with van der Waals surface area (Å²) in [7, 11) is 0. The van der Waals surface area contributed by atoms with E-state index in [2.05, 4.69) is 17.9 Å². The number of aryl methyl sites for hydroxylation is 2. The third kappa shape index (κ3) is 3.26. The van der Waals surface area contributed by atoms with E-state index in [0.29, 0.717) is 22.9 Å². The normalized spacial score (nSPS) is 20.5. The molecule has 146 valence electrons. The van der Waals surface area contributed by atoms with Gasteiger partial charge in [0.25, 0.3) is 11.8 Å². The fourth-order valence-electron chi connectivity index (χ4n) is 4.29. The molecule has 0 N–H and O–H groups in total. The lowest BCUT2D eigenvalue weighted by Crippen LogP contribution is -2.39. The molecule has 1 unspecified atom stereocenters. The minimum absolute atomic E-state index is 0.159. The van der Waals surface area contributed by atoms with Gasteiger partial charge >= 0.3 is 0 Å². The van der Waals surface area contributed by atoms with Crippen LogP contribution in [-0.2, 0) is 16.1 Å². The highest BCUT2D eigenvalue weighted by atomic mass is 16.3. The Morgan fingerprint density at radius 1 is 1.14 bits per heavy atom. The predicted octanol–water partition coefficient (Wildman–Crippen LogP) is 3.91. The van der Waals surface area contributed by atoms with Crippen LogP contribution < -0.4 is 0 Å². The summed E-state index contributed by atoms with van der Waals surface area (Å²) in [5.74, 6) is 0.658. The fraction of sp³-hybridized carbons (Fsp3) is 0.391. The second-order valence-corrected chi connectivity index (χ2v) is 8.01. The standard InChI is InChI=1S/C23H26N2O3/c1-15-8-9-19(17(3)12-15)20-21(24-10-4-6-16(2)13-24)23(27)25(22(20)26)14-18-7-5-11-28-18/h5,7-9,11-12,16H,4,6,10,13-14H2,1-3H3. The molecule has 1 fully saturated rings. The molecule has 2 aliphatic rings. The van der Waals surface area contributed by atoms with Gasteiger partial charge in [-0.25, -0.2) is 0 Å². The first kappa shape index (κ1) is 18.5. The lowest BCUT2D eigenvalue weighted by molar-refractivity contribution is -0.138. The molecule has 2 aromatic rings. The van der Waals surface area contributed by atoms with Crippen molar-refractivity contribution in [2.45, 2.75) is 40.2 Å². The van der Waals surface area contributed by atoms with Crippen molar-refractivity contribution in [1.29, 1.82) is 0 Å². The average molecular weight is 378 g/mol. The molecule has 28 heavy (non-hydrogen) atoms. The molecular formula is C23H26N2O3. The monoisotopic (exact) mass is 378 g/mol. The van der Waals surface area contributed by atoms with Crippen molar-refractivity contribution in [2.24, 2.45) is 5.92 Å². The molecule has 5 nitrogen and oxygen atoms in total. The van der Waals surface area contributed by atoms with E-state index in [1.807, 2.05) is 26.0 Å². The van der Waals surface area contributed by atoms with E-state index in [1.165, 1.54) is 4.90 Å². The van der Waals surface area contributed by atoms with Gasteiger partial charge in [-0.3, -0.25) is 14.5 Å². The van der Waals surface area contributed by atoms with Crippen LogP contribution in [0.25, 0.3) is 5.57 Å². The first-order chi connectivity index (χ1) is 13.5. The lowest BCUT2D eigenvalue weighted by atomic mass is 9.95. The minimum Gasteiger partial charge on any atom is -0.467 e. The summed E-state index contributed by atoms with van der Waals surface area (Å²) in [6, 6.07) is 9.59. The number of carbonyl (C=O) groups excluding carboxylic acids is 2. The van der Waals surface area contributed by atoms with Crippen molar-refractivity contribution in [1.82, 2.24) is 9.80 Å². The van der Waals surface area contributed by atoms with Gasteiger partial charge in [0.05, 0.1) is 18.4 Å². The highest BCUT2D eigenvalue weighted by Crippen LogP contribution is 2.36. The summed E-state index contributed by atoms with van der Waals surface area (Å²) in [4.78, 5) is 30.2. The Labute approximate surface area is 165 Å².